The number of hydrogen-bond donors (Lipinski definition) is 0. The van der Waals surface area contributed by atoms with E-state index in [2.05, 4.69) is 4.99 Å². The van der Waals surface area contributed by atoms with Gasteiger partial charge in [0.25, 0.3) is 0 Å². The number of rotatable bonds is 5. The van der Waals surface area contributed by atoms with Gasteiger partial charge in [0.05, 0.1) is 24.4 Å². The highest BCUT2D eigenvalue weighted by molar-refractivity contribution is 6.32. The Morgan fingerprint density at radius 2 is 2.00 bits per heavy atom. The molecular weight excluding hydrogens is 353 g/mol. The number of aliphatic imine (C=N–C) groups is 1. The summed E-state index contributed by atoms with van der Waals surface area (Å²) in [4.78, 5) is 17.0. The summed E-state index contributed by atoms with van der Waals surface area (Å²) in [5, 5.41) is 0.494. The van der Waals surface area contributed by atoms with Gasteiger partial charge in [-0.15, -0.1) is 0 Å². The van der Waals surface area contributed by atoms with E-state index in [0.29, 0.717) is 39.6 Å². The third-order valence-electron chi connectivity index (χ3n) is 4.15. The van der Waals surface area contributed by atoms with E-state index in [1.165, 1.54) is 6.07 Å². The molecule has 0 aromatic heterocycles. The zero-order valence-corrected chi connectivity index (χ0v) is 15.2. The minimum Gasteiger partial charge on any atom is -0.462 e. The van der Waals surface area contributed by atoms with Crippen LogP contribution >= 0.6 is 11.6 Å². The van der Waals surface area contributed by atoms with Crippen LogP contribution in [0.15, 0.2) is 53.5 Å². The molecule has 1 aliphatic rings. The summed E-state index contributed by atoms with van der Waals surface area (Å²) in [5.41, 5.74) is 2.57. The van der Waals surface area contributed by atoms with E-state index in [9.17, 15) is 9.18 Å². The fraction of sp³-hybridized carbons (Fsp3) is 0.238. The molecule has 1 aliphatic heterocycles. The zero-order valence-electron chi connectivity index (χ0n) is 14.5. The first kappa shape index (κ1) is 18.3. The van der Waals surface area contributed by atoms with E-state index in [4.69, 9.17) is 16.3 Å². The number of esters is 1. The summed E-state index contributed by atoms with van der Waals surface area (Å²) in [7, 11) is 0. The maximum atomic E-state index is 14.3. The van der Waals surface area contributed by atoms with Gasteiger partial charge in [0.1, 0.15) is 5.82 Å². The number of carbonyl (C=O) groups is 1. The van der Waals surface area contributed by atoms with Crippen LogP contribution in [0.2, 0.25) is 5.02 Å². The Bertz CT molecular complexity index is 889. The molecule has 1 heterocycles. The molecule has 134 valence electrons. The van der Waals surface area contributed by atoms with Gasteiger partial charge in [0, 0.05) is 16.1 Å². The van der Waals surface area contributed by atoms with Gasteiger partial charge >= 0.3 is 5.97 Å². The molecule has 0 fully saturated rings. The minimum atomic E-state index is -0.396. The van der Waals surface area contributed by atoms with Gasteiger partial charge in [-0.25, -0.2) is 9.18 Å². The molecule has 26 heavy (non-hydrogen) atoms. The molecule has 0 spiro atoms. The predicted octanol–water partition coefficient (Wildman–Crippen LogP) is 5.06. The molecule has 0 atom stereocenters. The van der Waals surface area contributed by atoms with Crippen molar-refractivity contribution in [3.8, 4) is 0 Å². The van der Waals surface area contributed by atoms with Crippen LogP contribution in [0.4, 0.5) is 4.39 Å². The van der Waals surface area contributed by atoms with Crippen molar-refractivity contribution in [1.82, 2.24) is 0 Å². The Morgan fingerprint density at radius 1 is 1.19 bits per heavy atom. The average Bonchev–Trinajstić information content (AvgIpc) is 2.81. The molecule has 0 radical (unpaired) electrons. The second-order valence-electron chi connectivity index (χ2n) is 5.97. The lowest BCUT2D eigenvalue weighted by molar-refractivity contribution is -0.136. The van der Waals surface area contributed by atoms with E-state index in [-0.39, 0.29) is 12.4 Å². The molecule has 0 N–H and O–H groups in total. The lowest BCUT2D eigenvalue weighted by Gasteiger charge is -2.14. The maximum absolute atomic E-state index is 14.3. The third-order valence-corrected chi connectivity index (χ3v) is 4.39. The molecule has 0 amide bonds. The third kappa shape index (κ3) is 3.86. The summed E-state index contributed by atoms with van der Waals surface area (Å²) in [5.74, 6) is -0.766. The molecule has 3 rings (SSSR count). The topological polar surface area (TPSA) is 38.7 Å². The van der Waals surface area contributed by atoms with Crippen molar-refractivity contribution >= 4 is 28.9 Å². The molecule has 5 heteroatoms. The zero-order chi connectivity index (χ0) is 18.5. The maximum Gasteiger partial charge on any atom is 0.338 e. The fourth-order valence-electron chi connectivity index (χ4n) is 2.83. The van der Waals surface area contributed by atoms with Gasteiger partial charge in [0.15, 0.2) is 0 Å². The molecule has 0 aliphatic carbocycles. The lowest BCUT2D eigenvalue weighted by Crippen LogP contribution is -2.12. The molecule has 0 saturated heterocycles. The van der Waals surface area contributed by atoms with Crippen molar-refractivity contribution in [2.75, 3.05) is 13.2 Å². The van der Waals surface area contributed by atoms with Gasteiger partial charge in [-0.1, -0.05) is 43.1 Å². The number of carbonyl (C=O) groups excluding carboxylic acids is 1. The average molecular weight is 372 g/mol. The van der Waals surface area contributed by atoms with Crippen molar-refractivity contribution in [3.05, 3.63) is 76.1 Å². The smallest absolute Gasteiger partial charge is 0.338 e. The Morgan fingerprint density at radius 3 is 2.77 bits per heavy atom. The Labute approximate surface area is 157 Å². The molecule has 0 saturated carbocycles. The van der Waals surface area contributed by atoms with Crippen LogP contribution in [0.25, 0.3) is 5.57 Å². The molecule has 0 bridgehead atoms. The number of halogens is 2. The van der Waals surface area contributed by atoms with E-state index in [0.717, 1.165) is 12.8 Å². The number of fused-ring (bicyclic) bond motifs is 1. The van der Waals surface area contributed by atoms with Crippen molar-refractivity contribution in [1.29, 1.82) is 0 Å². The van der Waals surface area contributed by atoms with Crippen LogP contribution in [-0.2, 0) is 9.53 Å². The second kappa shape index (κ2) is 8.28. The first-order valence-corrected chi connectivity index (χ1v) is 8.96. The van der Waals surface area contributed by atoms with Crippen LogP contribution in [0.1, 0.15) is 36.5 Å². The van der Waals surface area contributed by atoms with Crippen LogP contribution in [-0.4, -0.2) is 24.8 Å². The summed E-state index contributed by atoms with van der Waals surface area (Å²) >= 11 is 6.17. The largest absolute Gasteiger partial charge is 0.462 e. The minimum absolute atomic E-state index is 0.258. The van der Waals surface area contributed by atoms with Gasteiger partial charge in [-0.2, -0.15) is 0 Å². The number of nitrogens with zero attached hydrogens (tertiary/aromatic N) is 1. The second-order valence-corrected chi connectivity index (χ2v) is 6.40. The summed E-state index contributed by atoms with van der Waals surface area (Å²) in [6, 6.07) is 11.6. The SMILES string of the molecule is CCCCOC(=O)C1=CCN=C(c2ccccc2F)c2cc(Cl)ccc21. The van der Waals surface area contributed by atoms with E-state index < -0.39 is 5.97 Å². The molecule has 0 unspecified atom stereocenters. The number of hydrogen-bond acceptors (Lipinski definition) is 3. The van der Waals surface area contributed by atoms with Crippen molar-refractivity contribution in [2.24, 2.45) is 4.99 Å². The van der Waals surface area contributed by atoms with E-state index in [1.54, 1.807) is 42.5 Å². The van der Waals surface area contributed by atoms with E-state index >= 15 is 0 Å². The number of unbranched alkanes of at least 4 members (excludes halogenated alkanes) is 1. The molecule has 2 aromatic rings. The molecular formula is C21H19ClFNO2. The van der Waals surface area contributed by atoms with Gasteiger partial charge < -0.3 is 4.74 Å². The number of ether oxygens (including phenoxy) is 1. The molecule has 2 aromatic carbocycles. The summed E-state index contributed by atoms with van der Waals surface area (Å²) < 4.78 is 19.7. The van der Waals surface area contributed by atoms with Crippen molar-refractivity contribution in [2.45, 2.75) is 19.8 Å². The lowest BCUT2D eigenvalue weighted by atomic mass is 9.93. The Hall–Kier alpha value is -2.46. The van der Waals surface area contributed by atoms with Gasteiger partial charge in [-0.3, -0.25) is 4.99 Å². The highest BCUT2D eigenvalue weighted by atomic mass is 35.5. The quantitative estimate of drug-likeness (QED) is 0.544. The van der Waals surface area contributed by atoms with Crippen LogP contribution in [0, 0.1) is 5.82 Å². The predicted molar refractivity (Wildman–Crippen MR) is 102 cm³/mol. The van der Waals surface area contributed by atoms with Crippen LogP contribution in [0.5, 0.6) is 0 Å². The van der Waals surface area contributed by atoms with Crippen LogP contribution in [0.3, 0.4) is 0 Å². The Kier molecular flexibility index (Phi) is 5.84. The summed E-state index contributed by atoms with van der Waals surface area (Å²) in [6.07, 6.45) is 3.47. The highest BCUT2D eigenvalue weighted by Crippen LogP contribution is 2.29. The van der Waals surface area contributed by atoms with Crippen molar-refractivity contribution < 1.29 is 13.9 Å². The van der Waals surface area contributed by atoms with Crippen molar-refractivity contribution in [3.63, 3.8) is 0 Å². The Balaban J connectivity index is 2.04. The first-order chi connectivity index (χ1) is 12.6. The monoisotopic (exact) mass is 371 g/mol. The normalized spacial score (nSPS) is 13.3. The standard InChI is InChI=1S/C21H19ClFNO2/c1-2-3-12-26-21(25)16-10-11-24-20(17-6-4-5-7-19(17)23)18-13-14(22)8-9-15(16)18/h4-10,13H,2-3,11-12H2,1H3. The fourth-order valence-corrected chi connectivity index (χ4v) is 3.01. The van der Waals surface area contributed by atoms with Gasteiger partial charge in [0.2, 0.25) is 0 Å². The first-order valence-electron chi connectivity index (χ1n) is 8.58. The molecule has 3 nitrogen and oxygen atoms in total. The number of benzene rings is 2. The summed E-state index contributed by atoms with van der Waals surface area (Å²) in [6.45, 7) is 2.66. The van der Waals surface area contributed by atoms with Crippen LogP contribution < -0.4 is 0 Å². The highest BCUT2D eigenvalue weighted by Gasteiger charge is 2.23. The van der Waals surface area contributed by atoms with E-state index in [1.807, 2.05) is 6.92 Å². The van der Waals surface area contributed by atoms with Gasteiger partial charge in [-0.05, 0) is 42.3 Å².